The average Bonchev–Trinajstić information content (AvgIpc) is 4.53. The number of hydrogen-bond acceptors (Lipinski definition) is 13. The van der Waals surface area contributed by atoms with Gasteiger partial charge in [-0.25, -0.2) is 9.97 Å². The van der Waals surface area contributed by atoms with Crippen molar-refractivity contribution in [2.45, 2.75) is 44.9 Å². The van der Waals surface area contributed by atoms with E-state index in [1.807, 2.05) is 147 Å². The highest BCUT2D eigenvalue weighted by Crippen LogP contribution is 2.21. The van der Waals surface area contributed by atoms with Gasteiger partial charge in [0.05, 0.1) is 39.4 Å². The van der Waals surface area contributed by atoms with E-state index in [0.717, 1.165) is 140 Å². The van der Waals surface area contributed by atoms with Crippen LogP contribution in [-0.4, -0.2) is 168 Å². The molecule has 0 unspecified atom stereocenters. The molecule has 19 nitrogen and oxygen atoms in total. The van der Waals surface area contributed by atoms with E-state index in [1.54, 1.807) is 43.2 Å². The van der Waals surface area contributed by atoms with Crippen LogP contribution in [0.3, 0.4) is 0 Å². The van der Waals surface area contributed by atoms with E-state index < -0.39 is 0 Å². The third-order valence-corrected chi connectivity index (χ3v) is 15.3. The first-order valence-electron chi connectivity index (χ1n) is 29.6. The lowest BCUT2D eigenvalue weighted by Crippen LogP contribution is -2.35. The summed E-state index contributed by atoms with van der Waals surface area (Å²) < 4.78 is 5.20. The number of oxazole rings is 1. The molecular formula is C68H71N13O6. The van der Waals surface area contributed by atoms with E-state index in [1.165, 1.54) is 12.8 Å². The van der Waals surface area contributed by atoms with Crippen LogP contribution in [0.4, 0.5) is 5.69 Å². The van der Waals surface area contributed by atoms with Crippen molar-refractivity contribution in [3.63, 3.8) is 0 Å². The quantitative estimate of drug-likeness (QED) is 0.154. The minimum absolute atomic E-state index is 0.0488. The lowest BCUT2D eigenvalue weighted by molar-refractivity contribution is 0.0721. The van der Waals surface area contributed by atoms with Gasteiger partial charge in [-0.2, -0.15) is 0 Å². The number of carbonyl (C=O) groups excluding carboxylic acids is 5. The second-order valence-electron chi connectivity index (χ2n) is 21.5. The van der Waals surface area contributed by atoms with Crippen LogP contribution in [0.15, 0.2) is 188 Å². The topological polar surface area (TPSA) is 211 Å². The van der Waals surface area contributed by atoms with Crippen molar-refractivity contribution in [2.24, 2.45) is 0 Å². The van der Waals surface area contributed by atoms with E-state index in [4.69, 9.17) is 4.42 Å². The third-order valence-electron chi connectivity index (χ3n) is 15.3. The van der Waals surface area contributed by atoms with Crippen LogP contribution in [0.2, 0.25) is 0 Å². The summed E-state index contributed by atoms with van der Waals surface area (Å²) in [4.78, 5) is 101. The molecule has 0 saturated carbocycles. The average molecular weight is 1170 g/mol. The number of nitrogens with zero attached hydrogens (tertiary/aromatic N) is 12. The summed E-state index contributed by atoms with van der Waals surface area (Å²) >= 11 is 0. The highest BCUT2D eigenvalue weighted by molar-refractivity contribution is 6.00. The van der Waals surface area contributed by atoms with Crippen molar-refractivity contribution >= 4 is 79.4 Å². The number of amides is 5. The molecule has 9 aromatic rings. The van der Waals surface area contributed by atoms with E-state index in [9.17, 15) is 24.0 Å². The summed E-state index contributed by atoms with van der Waals surface area (Å²) in [6.07, 6.45) is 33.4. The number of rotatable bonds is 6. The molecule has 9 heterocycles. The van der Waals surface area contributed by atoms with Crippen molar-refractivity contribution < 1.29 is 28.4 Å². The lowest BCUT2D eigenvalue weighted by atomic mass is 10.1. The SMILES string of the molecule is CN(C)c1ccc(C(=O)N2CC=CCC2)cc1.O=C(c1ccc2nc[nH]c2c1)N1CC=CCC1.O=C(c1ccc2nccnc2c1)N1CC=CCC1.O=C(c1ccc2nccnc2c1)N1CCCCC1.O=C(c1ccc2ncoc2c1)N1CC=CCC1. The summed E-state index contributed by atoms with van der Waals surface area (Å²) in [7, 11) is 3.98. The van der Waals surface area contributed by atoms with Gasteiger partial charge >= 0.3 is 0 Å². The number of benzene rings is 5. The smallest absolute Gasteiger partial charge is 0.254 e. The fourth-order valence-electron chi connectivity index (χ4n) is 10.5. The number of hydrogen-bond donors (Lipinski definition) is 1. The van der Waals surface area contributed by atoms with Crippen LogP contribution < -0.4 is 4.90 Å². The van der Waals surface area contributed by atoms with Gasteiger partial charge in [-0.15, -0.1) is 0 Å². The summed E-state index contributed by atoms with van der Waals surface area (Å²) in [5, 5.41) is 0. The van der Waals surface area contributed by atoms with Gasteiger partial charge in [0.2, 0.25) is 0 Å². The maximum atomic E-state index is 12.3. The summed E-state index contributed by atoms with van der Waals surface area (Å²) in [5.74, 6) is 0.437. The fraction of sp³-hybridized carbons (Fsp3) is 0.279. The minimum Gasteiger partial charge on any atom is -0.443 e. The molecular weight excluding hydrogens is 1090 g/mol. The van der Waals surface area contributed by atoms with Crippen LogP contribution in [0.5, 0.6) is 0 Å². The number of aromatic amines is 1. The largest absolute Gasteiger partial charge is 0.443 e. The Labute approximate surface area is 505 Å². The van der Waals surface area contributed by atoms with Gasteiger partial charge in [-0.3, -0.25) is 43.9 Å². The Morgan fingerprint density at radius 3 is 1.25 bits per heavy atom. The maximum Gasteiger partial charge on any atom is 0.254 e. The van der Waals surface area contributed by atoms with E-state index in [-0.39, 0.29) is 29.5 Å². The van der Waals surface area contributed by atoms with E-state index in [2.05, 4.69) is 65.3 Å². The van der Waals surface area contributed by atoms with Gasteiger partial charge in [0.15, 0.2) is 12.0 Å². The monoisotopic (exact) mass is 1170 g/mol. The number of nitrogens with one attached hydrogen (secondary N) is 1. The first-order chi connectivity index (χ1) is 42.6. The Hall–Kier alpha value is -10.2. The zero-order valence-corrected chi connectivity index (χ0v) is 49.2. The maximum absolute atomic E-state index is 12.3. The molecule has 87 heavy (non-hydrogen) atoms. The Bertz CT molecular complexity index is 3870. The zero-order chi connectivity index (χ0) is 60.3. The first-order valence-corrected chi connectivity index (χ1v) is 29.6. The second-order valence-corrected chi connectivity index (χ2v) is 21.5. The summed E-state index contributed by atoms with van der Waals surface area (Å²) in [6, 6.07) is 29.7. The van der Waals surface area contributed by atoms with E-state index in [0.29, 0.717) is 41.9 Å². The standard InChI is InChI=1S/C14H15N3O.C14H13N3O.C14H18N2O.C13H13N3O.C13H12N2O2/c2*18-14(17-8-2-1-3-9-17)11-4-5-12-13(10-11)16-7-6-15-12;1-15(2)13-8-6-12(7-9-13)14(17)16-10-4-3-5-11-16;17-13(16-6-2-1-3-7-16)10-4-5-11-12(8-10)15-9-14-11;16-13(15-6-2-1-3-7-15)10-4-5-11-12(8-10)17-9-14-11/h4-7,10H,1-3,8-9H2;1-2,4-7,10H,3,8-9H2;3-4,6-9H,5,10-11H2,1-2H3;1-2,4-5,8-9H,3,6-7H2,(H,14,15);1-2,4-5,8-9H,3,6-7H2. The van der Waals surface area contributed by atoms with Crippen molar-refractivity contribution in [3.05, 3.63) is 211 Å². The van der Waals surface area contributed by atoms with Gasteiger partial charge < -0.3 is 38.8 Å². The molecule has 4 aromatic heterocycles. The van der Waals surface area contributed by atoms with Gasteiger partial charge in [0, 0.05) is 138 Å². The molecule has 0 radical (unpaired) electrons. The number of imidazole rings is 1. The molecule has 0 aliphatic carbocycles. The second kappa shape index (κ2) is 29.6. The summed E-state index contributed by atoms with van der Waals surface area (Å²) in [6.45, 7) is 7.76. The lowest BCUT2D eigenvalue weighted by Gasteiger charge is -2.26. The van der Waals surface area contributed by atoms with Crippen molar-refractivity contribution in [1.82, 2.24) is 59.4 Å². The minimum atomic E-state index is 0.0488. The van der Waals surface area contributed by atoms with Gasteiger partial charge in [-0.05, 0) is 142 Å². The number of likely N-dealkylation sites (tertiary alicyclic amines) is 1. The highest BCUT2D eigenvalue weighted by Gasteiger charge is 2.22. The molecule has 5 aliphatic heterocycles. The number of aromatic nitrogens is 7. The van der Waals surface area contributed by atoms with Crippen LogP contribution >= 0.6 is 0 Å². The fourth-order valence-corrected chi connectivity index (χ4v) is 10.5. The van der Waals surface area contributed by atoms with Gasteiger partial charge in [-0.1, -0.05) is 48.6 Å². The summed E-state index contributed by atoms with van der Waals surface area (Å²) in [5.41, 5.74) is 11.1. The van der Waals surface area contributed by atoms with Gasteiger partial charge in [0.1, 0.15) is 5.52 Å². The molecule has 5 amide bonds. The van der Waals surface area contributed by atoms with Crippen molar-refractivity contribution in [1.29, 1.82) is 0 Å². The number of piperidine rings is 1. The Morgan fingerprint density at radius 1 is 0.391 bits per heavy atom. The Balaban J connectivity index is 0.000000120. The number of fused-ring (bicyclic) bond motifs is 4. The van der Waals surface area contributed by atoms with Crippen LogP contribution in [0, 0.1) is 0 Å². The number of carbonyl (C=O) groups is 5. The molecule has 0 spiro atoms. The molecule has 5 aromatic carbocycles. The van der Waals surface area contributed by atoms with Crippen LogP contribution in [0.25, 0.3) is 44.2 Å². The Morgan fingerprint density at radius 2 is 0.793 bits per heavy atom. The van der Waals surface area contributed by atoms with Crippen molar-refractivity contribution in [3.8, 4) is 0 Å². The molecule has 5 aliphatic rings. The number of H-pyrrole nitrogens is 1. The normalized spacial score (nSPS) is 15.3. The highest BCUT2D eigenvalue weighted by atomic mass is 16.3. The molecule has 1 fully saturated rings. The predicted octanol–water partition coefficient (Wildman–Crippen LogP) is 10.6. The molecule has 14 rings (SSSR count). The van der Waals surface area contributed by atoms with Crippen LogP contribution in [-0.2, 0) is 0 Å². The predicted molar refractivity (Wildman–Crippen MR) is 338 cm³/mol. The molecule has 0 atom stereocenters. The van der Waals surface area contributed by atoms with Crippen LogP contribution in [0.1, 0.15) is 96.7 Å². The first kappa shape index (κ1) is 60.0. The molecule has 19 heteroatoms. The van der Waals surface area contributed by atoms with Crippen molar-refractivity contribution in [2.75, 3.05) is 84.4 Å². The third kappa shape index (κ3) is 15.8. The van der Waals surface area contributed by atoms with E-state index >= 15 is 0 Å². The number of anilines is 1. The van der Waals surface area contributed by atoms with Gasteiger partial charge in [0.25, 0.3) is 29.5 Å². The Kier molecular flexibility index (Phi) is 20.4. The molecule has 0 bridgehead atoms. The molecule has 444 valence electrons. The zero-order valence-electron chi connectivity index (χ0n) is 49.2. The molecule has 1 N–H and O–H groups in total. The molecule has 1 saturated heterocycles.